The predicted octanol–water partition coefficient (Wildman–Crippen LogP) is 9.29. The minimum atomic E-state index is -4.42. The second kappa shape index (κ2) is 10.7. The number of benzene rings is 1. The van der Waals surface area contributed by atoms with E-state index in [1.807, 2.05) is 29.7 Å². The van der Waals surface area contributed by atoms with Crippen molar-refractivity contribution in [2.24, 2.45) is 5.92 Å². The highest BCUT2D eigenvalue weighted by molar-refractivity contribution is 7.20. The van der Waals surface area contributed by atoms with Crippen molar-refractivity contribution in [2.75, 3.05) is 0 Å². The van der Waals surface area contributed by atoms with Crippen LogP contribution in [0.25, 0.3) is 21.5 Å². The molecule has 1 aliphatic rings. The predicted molar refractivity (Wildman–Crippen MR) is 135 cm³/mol. The van der Waals surface area contributed by atoms with Crippen LogP contribution in [0, 0.1) is 5.92 Å². The Labute approximate surface area is 204 Å². The molecule has 184 valence electrons. The highest BCUT2D eigenvalue weighted by Crippen LogP contribution is 2.42. The van der Waals surface area contributed by atoms with Crippen LogP contribution in [-0.2, 0) is 19.1 Å². The Bertz CT molecular complexity index is 1130. The number of rotatable bonds is 10. The normalized spacial score (nSPS) is 15.0. The van der Waals surface area contributed by atoms with E-state index in [4.69, 9.17) is 0 Å². The van der Waals surface area contributed by atoms with Gasteiger partial charge in [0, 0.05) is 18.5 Å². The topological polar surface area (TPSA) is 22.0 Å². The van der Waals surface area contributed by atoms with E-state index in [-0.39, 0.29) is 11.3 Å². The molecule has 4 rings (SSSR count). The molecular weight excluding hydrogens is 455 g/mol. The van der Waals surface area contributed by atoms with E-state index in [0.717, 1.165) is 41.5 Å². The molecule has 0 spiro atoms. The molecule has 0 N–H and O–H groups in total. The van der Waals surface area contributed by atoms with Crippen molar-refractivity contribution in [3.63, 3.8) is 0 Å². The molecule has 3 aromatic rings. The number of alkyl halides is 3. The Morgan fingerprint density at radius 3 is 2.53 bits per heavy atom. The number of hydrogen-bond acceptors (Lipinski definition) is 2. The van der Waals surface area contributed by atoms with Gasteiger partial charge in [0.25, 0.3) is 0 Å². The lowest BCUT2D eigenvalue weighted by molar-refractivity contribution is -0.137. The Morgan fingerprint density at radius 1 is 1.09 bits per heavy atom. The lowest BCUT2D eigenvalue weighted by atomic mass is 9.94. The summed E-state index contributed by atoms with van der Waals surface area (Å²) in [6.45, 7) is 4.68. The summed E-state index contributed by atoms with van der Waals surface area (Å²) in [6, 6.07) is 8.63. The zero-order valence-electron chi connectivity index (χ0n) is 20.1. The monoisotopic (exact) mass is 489 g/mol. The first-order valence-corrected chi connectivity index (χ1v) is 13.5. The van der Waals surface area contributed by atoms with Crippen LogP contribution in [0.2, 0.25) is 0 Å². The fourth-order valence-electron chi connectivity index (χ4n) is 5.18. The number of halogens is 3. The first kappa shape index (κ1) is 25.0. The van der Waals surface area contributed by atoms with Crippen LogP contribution < -0.4 is 0 Å². The molecule has 1 aromatic carbocycles. The summed E-state index contributed by atoms with van der Waals surface area (Å²) >= 11 is 1.40. The Hall–Kier alpha value is -2.08. The summed E-state index contributed by atoms with van der Waals surface area (Å²) in [4.78, 5) is 13.1. The van der Waals surface area contributed by atoms with Crippen molar-refractivity contribution in [1.29, 1.82) is 0 Å². The van der Waals surface area contributed by atoms with E-state index in [1.165, 1.54) is 43.1 Å². The molecule has 34 heavy (non-hydrogen) atoms. The maximum atomic E-state index is 14.2. The molecule has 0 atom stereocenters. The molecule has 0 aliphatic heterocycles. The second-order valence-electron chi connectivity index (χ2n) is 9.63. The van der Waals surface area contributed by atoms with Crippen molar-refractivity contribution >= 4 is 27.3 Å². The maximum absolute atomic E-state index is 14.2. The number of aryl methyl sites for hydroxylation is 2. The van der Waals surface area contributed by atoms with Gasteiger partial charge in [0.15, 0.2) is 5.78 Å². The number of unbranched alkanes of at least 4 members (excludes halogenated alkanes) is 1. The van der Waals surface area contributed by atoms with Crippen LogP contribution in [-0.4, -0.2) is 10.4 Å². The number of carbonyl (C=O) groups is 1. The molecule has 0 amide bonds. The summed E-state index contributed by atoms with van der Waals surface area (Å²) in [6.07, 6.45) is 5.22. The number of Topliss-reactive ketones (excluding diaryl/α,β-unsaturated/α-hetero) is 1. The number of carbonyl (C=O) groups excluding carboxylic acids is 1. The fourth-order valence-corrected chi connectivity index (χ4v) is 6.25. The van der Waals surface area contributed by atoms with E-state index in [9.17, 15) is 18.0 Å². The van der Waals surface area contributed by atoms with Crippen LogP contribution in [0.4, 0.5) is 13.2 Å². The van der Waals surface area contributed by atoms with E-state index >= 15 is 0 Å². The SMILES string of the molecule is CCCCn1c(-c2ccc(CCC3CCCC3)cc2C(F)(F)F)cc2sc(C(=O)CCC)cc21. The lowest BCUT2D eigenvalue weighted by Crippen LogP contribution is -2.10. The Kier molecular flexibility index (Phi) is 7.86. The standard InChI is InChI=1S/C28H34F3NOS/c1-3-5-15-32-23(17-26-24(32)18-27(34-26)25(33)8-4-2)21-14-13-20(16-22(21)28(29,30)31)12-11-19-9-6-7-10-19/h13-14,16-19H,3-12,15H2,1-2H3. The number of aromatic nitrogens is 1. The second-order valence-corrected chi connectivity index (χ2v) is 10.7. The summed E-state index contributed by atoms with van der Waals surface area (Å²) < 4.78 is 45.5. The zero-order chi connectivity index (χ0) is 24.3. The largest absolute Gasteiger partial charge is 0.417 e. The molecule has 2 heterocycles. The average molecular weight is 490 g/mol. The van der Waals surface area contributed by atoms with Gasteiger partial charge in [0.1, 0.15) is 0 Å². The van der Waals surface area contributed by atoms with Gasteiger partial charge < -0.3 is 4.57 Å². The summed E-state index contributed by atoms with van der Waals surface area (Å²) in [7, 11) is 0. The first-order chi connectivity index (χ1) is 16.3. The highest BCUT2D eigenvalue weighted by Gasteiger charge is 2.35. The van der Waals surface area contributed by atoms with Crippen molar-refractivity contribution < 1.29 is 18.0 Å². The number of ketones is 1. The molecule has 2 nitrogen and oxygen atoms in total. The van der Waals surface area contributed by atoms with Crippen molar-refractivity contribution in [2.45, 2.75) is 90.8 Å². The third kappa shape index (κ3) is 5.42. The number of nitrogens with zero attached hydrogens (tertiary/aromatic N) is 1. The van der Waals surface area contributed by atoms with Gasteiger partial charge in [0.05, 0.1) is 26.4 Å². The molecule has 1 saturated carbocycles. The smallest absolute Gasteiger partial charge is 0.340 e. The van der Waals surface area contributed by atoms with Crippen LogP contribution in [0.5, 0.6) is 0 Å². The Balaban J connectivity index is 1.73. The number of hydrogen-bond donors (Lipinski definition) is 0. The van der Waals surface area contributed by atoms with Crippen molar-refractivity contribution in [1.82, 2.24) is 4.57 Å². The third-order valence-electron chi connectivity index (χ3n) is 7.06. The van der Waals surface area contributed by atoms with Gasteiger partial charge in [0.2, 0.25) is 0 Å². The molecule has 1 fully saturated rings. The Morgan fingerprint density at radius 2 is 1.85 bits per heavy atom. The molecule has 2 aromatic heterocycles. The quantitative estimate of drug-likeness (QED) is 0.260. The van der Waals surface area contributed by atoms with E-state index in [0.29, 0.717) is 35.9 Å². The first-order valence-electron chi connectivity index (χ1n) is 12.7. The fraction of sp³-hybridized carbons (Fsp3) is 0.536. The summed E-state index contributed by atoms with van der Waals surface area (Å²) in [5.41, 5.74) is 1.91. The van der Waals surface area contributed by atoms with Gasteiger partial charge in [-0.15, -0.1) is 11.3 Å². The molecule has 0 radical (unpaired) electrons. The molecule has 0 saturated heterocycles. The molecule has 6 heteroatoms. The molecule has 0 bridgehead atoms. The van der Waals surface area contributed by atoms with Gasteiger partial charge in [-0.2, -0.15) is 13.2 Å². The minimum absolute atomic E-state index is 0.106. The molecule has 0 unspecified atom stereocenters. The minimum Gasteiger partial charge on any atom is -0.340 e. The van der Waals surface area contributed by atoms with Crippen molar-refractivity contribution in [3.05, 3.63) is 46.3 Å². The van der Waals surface area contributed by atoms with E-state index < -0.39 is 11.7 Å². The number of fused-ring (bicyclic) bond motifs is 1. The van der Waals surface area contributed by atoms with Crippen LogP contribution in [0.1, 0.15) is 92.4 Å². The van der Waals surface area contributed by atoms with Crippen molar-refractivity contribution in [3.8, 4) is 11.3 Å². The van der Waals surface area contributed by atoms with Gasteiger partial charge in [-0.3, -0.25) is 4.79 Å². The van der Waals surface area contributed by atoms with Gasteiger partial charge in [-0.25, -0.2) is 0 Å². The van der Waals surface area contributed by atoms with E-state index in [2.05, 4.69) is 6.92 Å². The lowest BCUT2D eigenvalue weighted by Gasteiger charge is -2.18. The molecule has 1 aliphatic carbocycles. The van der Waals surface area contributed by atoms with Crippen LogP contribution in [0.3, 0.4) is 0 Å². The van der Waals surface area contributed by atoms with Gasteiger partial charge >= 0.3 is 6.18 Å². The third-order valence-corrected chi connectivity index (χ3v) is 8.17. The van der Waals surface area contributed by atoms with Gasteiger partial charge in [-0.05, 0) is 55.4 Å². The molecular formula is C28H34F3NOS. The zero-order valence-corrected chi connectivity index (χ0v) is 21.0. The highest BCUT2D eigenvalue weighted by atomic mass is 32.1. The summed E-state index contributed by atoms with van der Waals surface area (Å²) in [5, 5.41) is 0. The van der Waals surface area contributed by atoms with Crippen LogP contribution in [0.15, 0.2) is 30.3 Å². The average Bonchev–Trinajstić information content (AvgIpc) is 3.52. The number of thiophene rings is 1. The summed E-state index contributed by atoms with van der Waals surface area (Å²) in [5.74, 6) is 0.756. The van der Waals surface area contributed by atoms with Gasteiger partial charge in [-0.1, -0.05) is 58.1 Å². The van der Waals surface area contributed by atoms with E-state index in [1.54, 1.807) is 6.07 Å². The van der Waals surface area contributed by atoms with Crippen LogP contribution >= 0.6 is 11.3 Å². The maximum Gasteiger partial charge on any atom is 0.417 e.